The van der Waals surface area contributed by atoms with Gasteiger partial charge in [0.2, 0.25) is 0 Å². The van der Waals surface area contributed by atoms with Gasteiger partial charge >= 0.3 is 0 Å². The number of rotatable bonds is 5. The van der Waals surface area contributed by atoms with Gasteiger partial charge in [0.1, 0.15) is 0 Å². The highest BCUT2D eigenvalue weighted by Gasteiger charge is 2.38. The van der Waals surface area contributed by atoms with Gasteiger partial charge in [-0.2, -0.15) is 0 Å². The van der Waals surface area contributed by atoms with Crippen molar-refractivity contribution in [3.63, 3.8) is 0 Å². The molecule has 20 heavy (non-hydrogen) atoms. The van der Waals surface area contributed by atoms with Gasteiger partial charge in [0.05, 0.1) is 0 Å². The fraction of sp³-hybridized carbons (Fsp3) is 0.611. The molecule has 1 N–H and O–H groups in total. The molecule has 1 fully saturated rings. The first-order valence-electron chi connectivity index (χ1n) is 7.94. The fourth-order valence-corrected chi connectivity index (χ4v) is 3.29. The van der Waals surface area contributed by atoms with Gasteiger partial charge in [-0.3, -0.25) is 4.79 Å². The van der Waals surface area contributed by atoms with Gasteiger partial charge in [-0.25, -0.2) is 0 Å². The number of hydrogen-bond acceptors (Lipinski definition) is 2. The molecule has 1 aromatic rings. The molecule has 0 radical (unpaired) electrons. The Morgan fingerprint density at radius 2 is 2.00 bits per heavy atom. The van der Waals surface area contributed by atoms with Gasteiger partial charge in [0, 0.05) is 17.5 Å². The van der Waals surface area contributed by atoms with Crippen molar-refractivity contribution < 1.29 is 4.79 Å². The molecule has 0 bridgehead atoms. The topological polar surface area (TPSA) is 29.1 Å². The van der Waals surface area contributed by atoms with Gasteiger partial charge in [-0.1, -0.05) is 51.5 Å². The number of Topliss-reactive ketones (excluding diaryl/α,β-unsaturated/α-hetero) is 1. The summed E-state index contributed by atoms with van der Waals surface area (Å²) in [6.45, 7) is 8.42. The maximum Gasteiger partial charge on any atom is 0.170 e. The van der Waals surface area contributed by atoms with E-state index in [9.17, 15) is 4.79 Å². The zero-order valence-electron chi connectivity index (χ0n) is 13.0. The van der Waals surface area contributed by atoms with Gasteiger partial charge in [-0.05, 0) is 37.3 Å². The number of hydrogen-bond donors (Lipinski definition) is 1. The Hall–Kier alpha value is -1.15. The number of ketones is 1. The quantitative estimate of drug-likeness (QED) is 0.816. The smallest absolute Gasteiger partial charge is 0.170 e. The van der Waals surface area contributed by atoms with Crippen LogP contribution < -0.4 is 5.32 Å². The van der Waals surface area contributed by atoms with Crippen LogP contribution in [0.2, 0.25) is 0 Å². The first-order chi connectivity index (χ1) is 9.59. The summed E-state index contributed by atoms with van der Waals surface area (Å²) >= 11 is 0. The van der Waals surface area contributed by atoms with Crippen molar-refractivity contribution >= 4 is 5.78 Å². The predicted octanol–water partition coefficient (Wildman–Crippen LogP) is 4.16. The van der Waals surface area contributed by atoms with E-state index in [-0.39, 0.29) is 5.41 Å². The minimum absolute atomic E-state index is 0.174. The van der Waals surface area contributed by atoms with Crippen LogP contribution in [0.1, 0.15) is 68.3 Å². The second-order valence-corrected chi connectivity index (χ2v) is 6.42. The largest absolute Gasteiger partial charge is 0.316 e. The van der Waals surface area contributed by atoms with Crippen molar-refractivity contribution in [1.29, 1.82) is 0 Å². The van der Waals surface area contributed by atoms with Crippen LogP contribution in [0.4, 0.5) is 0 Å². The number of carbonyl (C=O) groups excluding carboxylic acids is 1. The summed E-state index contributed by atoms with van der Waals surface area (Å²) in [7, 11) is 0. The third-order valence-corrected chi connectivity index (χ3v) is 4.52. The van der Waals surface area contributed by atoms with Crippen LogP contribution in [0.5, 0.6) is 0 Å². The van der Waals surface area contributed by atoms with Crippen molar-refractivity contribution in [2.45, 2.75) is 52.4 Å². The zero-order chi connectivity index (χ0) is 14.6. The monoisotopic (exact) mass is 273 g/mol. The lowest BCUT2D eigenvalue weighted by Gasteiger charge is -2.36. The van der Waals surface area contributed by atoms with Crippen LogP contribution in [0.25, 0.3) is 0 Å². The molecule has 0 aromatic heterocycles. The second-order valence-electron chi connectivity index (χ2n) is 6.42. The number of benzene rings is 1. The Kier molecular flexibility index (Phi) is 4.98. The van der Waals surface area contributed by atoms with E-state index in [0.29, 0.717) is 11.7 Å². The van der Waals surface area contributed by atoms with E-state index < -0.39 is 0 Å². The van der Waals surface area contributed by atoms with Gasteiger partial charge in [0.25, 0.3) is 0 Å². The minimum atomic E-state index is -0.174. The molecule has 2 nitrogen and oxygen atoms in total. The van der Waals surface area contributed by atoms with Crippen LogP contribution in [-0.4, -0.2) is 18.9 Å². The highest BCUT2D eigenvalue weighted by molar-refractivity contribution is 6.00. The van der Waals surface area contributed by atoms with Crippen LogP contribution in [-0.2, 0) is 0 Å². The molecule has 0 spiro atoms. The Bertz CT molecular complexity index is 435. The average molecular weight is 273 g/mol. The highest BCUT2D eigenvalue weighted by Crippen LogP contribution is 2.35. The highest BCUT2D eigenvalue weighted by atomic mass is 16.1. The standard InChI is InChI=1S/C18H27NO/c1-4-10-18(11-5-12-19-13-18)17(20)16-8-6-15(7-9-16)14(2)3/h6-9,14,19H,4-5,10-13H2,1-3H3. The third-order valence-electron chi connectivity index (χ3n) is 4.52. The van der Waals surface area contributed by atoms with E-state index in [1.807, 2.05) is 12.1 Å². The molecule has 1 aliphatic heterocycles. The van der Waals surface area contributed by atoms with E-state index in [1.54, 1.807) is 0 Å². The van der Waals surface area contributed by atoms with Crippen molar-refractivity contribution in [1.82, 2.24) is 5.32 Å². The molecular formula is C18H27NO. The number of nitrogens with one attached hydrogen (secondary N) is 1. The first-order valence-corrected chi connectivity index (χ1v) is 7.94. The Morgan fingerprint density at radius 3 is 2.50 bits per heavy atom. The maximum atomic E-state index is 13.0. The molecule has 1 heterocycles. The van der Waals surface area contributed by atoms with E-state index in [1.165, 1.54) is 5.56 Å². The number of carbonyl (C=O) groups is 1. The normalized spacial score (nSPS) is 23.0. The van der Waals surface area contributed by atoms with E-state index in [4.69, 9.17) is 0 Å². The fourth-order valence-electron chi connectivity index (χ4n) is 3.29. The summed E-state index contributed by atoms with van der Waals surface area (Å²) in [5.41, 5.74) is 2.01. The molecule has 110 valence electrons. The summed E-state index contributed by atoms with van der Waals surface area (Å²) in [5, 5.41) is 3.42. The van der Waals surface area contributed by atoms with Crippen LogP contribution in [0.15, 0.2) is 24.3 Å². The predicted molar refractivity (Wildman–Crippen MR) is 84.3 cm³/mol. The molecule has 1 saturated heterocycles. The SMILES string of the molecule is CCCC1(C(=O)c2ccc(C(C)C)cc2)CCCNC1. The van der Waals surface area contributed by atoms with Crippen molar-refractivity contribution in [3.05, 3.63) is 35.4 Å². The van der Waals surface area contributed by atoms with Crippen molar-refractivity contribution in [2.24, 2.45) is 5.41 Å². The molecule has 1 atom stereocenters. The molecule has 1 aliphatic rings. The minimum Gasteiger partial charge on any atom is -0.316 e. The molecular weight excluding hydrogens is 246 g/mol. The maximum absolute atomic E-state index is 13.0. The lowest BCUT2D eigenvalue weighted by Crippen LogP contribution is -2.45. The van der Waals surface area contributed by atoms with Crippen LogP contribution in [0, 0.1) is 5.41 Å². The lowest BCUT2D eigenvalue weighted by molar-refractivity contribution is 0.0718. The van der Waals surface area contributed by atoms with Crippen LogP contribution in [0.3, 0.4) is 0 Å². The average Bonchev–Trinajstić information content (AvgIpc) is 2.48. The summed E-state index contributed by atoms with van der Waals surface area (Å²) in [5.74, 6) is 0.849. The van der Waals surface area contributed by atoms with Crippen LogP contribution >= 0.6 is 0 Å². The number of piperidine rings is 1. The summed E-state index contributed by atoms with van der Waals surface area (Å²) in [4.78, 5) is 13.0. The Balaban J connectivity index is 2.22. The summed E-state index contributed by atoms with van der Waals surface area (Å²) in [6, 6.07) is 8.25. The first kappa shape index (κ1) is 15.2. The van der Waals surface area contributed by atoms with Gasteiger partial charge in [-0.15, -0.1) is 0 Å². The molecule has 2 heteroatoms. The molecule has 0 aliphatic carbocycles. The van der Waals surface area contributed by atoms with Crippen molar-refractivity contribution in [3.8, 4) is 0 Å². The molecule has 0 saturated carbocycles. The molecule has 1 aromatic carbocycles. The van der Waals surface area contributed by atoms with Crippen molar-refractivity contribution in [2.75, 3.05) is 13.1 Å². The Morgan fingerprint density at radius 1 is 1.30 bits per heavy atom. The second kappa shape index (κ2) is 6.53. The van der Waals surface area contributed by atoms with E-state index in [2.05, 4.69) is 38.2 Å². The zero-order valence-corrected chi connectivity index (χ0v) is 13.0. The third kappa shape index (κ3) is 3.12. The molecule has 2 rings (SSSR count). The van der Waals surface area contributed by atoms with E-state index in [0.717, 1.165) is 44.3 Å². The lowest BCUT2D eigenvalue weighted by atomic mass is 9.71. The molecule has 1 unspecified atom stereocenters. The summed E-state index contributed by atoms with van der Waals surface area (Å²) in [6.07, 6.45) is 4.19. The molecule has 0 amide bonds. The Labute approximate surface area is 123 Å². The van der Waals surface area contributed by atoms with Gasteiger partial charge < -0.3 is 5.32 Å². The van der Waals surface area contributed by atoms with Gasteiger partial charge in [0.15, 0.2) is 5.78 Å². The summed E-state index contributed by atoms with van der Waals surface area (Å²) < 4.78 is 0. The van der Waals surface area contributed by atoms with E-state index >= 15 is 0 Å².